The molecule has 3 amide bonds. The summed E-state index contributed by atoms with van der Waals surface area (Å²) in [5.74, 6) is -2.27. The second-order valence-corrected chi connectivity index (χ2v) is 10.0. The van der Waals surface area contributed by atoms with Crippen molar-refractivity contribution in [1.82, 2.24) is 15.6 Å². The summed E-state index contributed by atoms with van der Waals surface area (Å²) in [5, 5.41) is 14.2. The Morgan fingerprint density at radius 1 is 0.923 bits per heavy atom. The van der Waals surface area contributed by atoms with Crippen LogP contribution in [0.25, 0.3) is 0 Å². The monoisotopic (exact) mass is 548 g/mol. The minimum absolute atomic E-state index is 0.0872. The molecule has 0 radical (unpaired) electrons. The van der Waals surface area contributed by atoms with E-state index in [2.05, 4.69) is 22.5 Å². The fraction of sp³-hybridized carbons (Fsp3) is 0.690. The van der Waals surface area contributed by atoms with Crippen LogP contribution in [0.15, 0.2) is 24.4 Å². The summed E-state index contributed by atoms with van der Waals surface area (Å²) in [7, 11) is 0. The summed E-state index contributed by atoms with van der Waals surface area (Å²) in [5.41, 5.74) is 6.03. The lowest BCUT2D eigenvalue weighted by molar-refractivity contribution is -0.153. The van der Waals surface area contributed by atoms with Crippen molar-refractivity contribution in [2.24, 2.45) is 5.73 Å². The number of ether oxygens (including phenoxy) is 1. The second kappa shape index (κ2) is 21.7. The molecule has 0 saturated carbocycles. The minimum Gasteiger partial charge on any atom is -0.481 e. The highest BCUT2D eigenvalue weighted by Crippen LogP contribution is 2.16. The van der Waals surface area contributed by atoms with Gasteiger partial charge >= 0.3 is 18.0 Å². The van der Waals surface area contributed by atoms with Crippen LogP contribution in [-0.4, -0.2) is 46.1 Å². The first-order valence-electron chi connectivity index (χ1n) is 14.5. The van der Waals surface area contributed by atoms with Gasteiger partial charge in [0, 0.05) is 12.6 Å². The van der Waals surface area contributed by atoms with E-state index in [4.69, 9.17) is 15.6 Å². The first-order valence-corrected chi connectivity index (χ1v) is 14.5. The molecule has 10 nitrogen and oxygen atoms in total. The standard InChI is InChI=1S/C29H48N4O6/c1-2-3-4-5-6-7-8-9-10-11-12-17-24(21-26(30)34)39-28(37)25(18-15-19-27(35)36)33-29(38)32-22-23-16-13-14-20-31-23/h13-14,16,20,24-25H,2-12,15,17-19,21-22H2,1H3,(H2,30,34)(H,35,36)(H2,32,33,38)/t24-,25-/m0/s1. The van der Waals surface area contributed by atoms with Gasteiger partial charge < -0.3 is 26.2 Å². The van der Waals surface area contributed by atoms with Gasteiger partial charge in [-0.25, -0.2) is 9.59 Å². The number of carbonyl (C=O) groups excluding carboxylic acids is 3. The molecule has 5 N–H and O–H groups in total. The van der Waals surface area contributed by atoms with Gasteiger partial charge in [-0.1, -0.05) is 77.2 Å². The molecule has 1 rings (SSSR count). The number of carboxylic acid groups (broad SMARTS) is 1. The third-order valence-electron chi connectivity index (χ3n) is 6.47. The summed E-state index contributed by atoms with van der Waals surface area (Å²) >= 11 is 0. The van der Waals surface area contributed by atoms with E-state index < -0.39 is 36.0 Å². The van der Waals surface area contributed by atoms with Gasteiger partial charge in [-0.05, 0) is 37.8 Å². The van der Waals surface area contributed by atoms with Crippen LogP contribution >= 0.6 is 0 Å². The zero-order valence-corrected chi connectivity index (χ0v) is 23.5. The van der Waals surface area contributed by atoms with Gasteiger partial charge in [-0.2, -0.15) is 0 Å². The fourth-order valence-corrected chi connectivity index (χ4v) is 4.30. The molecule has 0 aliphatic heterocycles. The minimum atomic E-state index is -1.05. The number of hydrogen-bond acceptors (Lipinski definition) is 6. The van der Waals surface area contributed by atoms with Gasteiger partial charge in [0.15, 0.2) is 0 Å². The Kier molecular flexibility index (Phi) is 18.9. The molecule has 220 valence electrons. The Hall–Kier alpha value is -3.17. The maximum Gasteiger partial charge on any atom is 0.328 e. The smallest absolute Gasteiger partial charge is 0.328 e. The van der Waals surface area contributed by atoms with Crippen molar-refractivity contribution in [3.63, 3.8) is 0 Å². The number of aliphatic carboxylic acids is 1. The van der Waals surface area contributed by atoms with Crippen molar-refractivity contribution >= 4 is 23.9 Å². The lowest BCUT2D eigenvalue weighted by Crippen LogP contribution is -2.47. The highest BCUT2D eigenvalue weighted by atomic mass is 16.5. The van der Waals surface area contributed by atoms with Crippen LogP contribution in [0.2, 0.25) is 0 Å². The van der Waals surface area contributed by atoms with E-state index in [1.165, 1.54) is 44.9 Å². The molecule has 1 aromatic heterocycles. The normalized spacial score (nSPS) is 12.3. The molecule has 1 aromatic rings. The van der Waals surface area contributed by atoms with E-state index in [0.717, 1.165) is 25.7 Å². The molecular formula is C29H48N4O6. The summed E-state index contributed by atoms with van der Waals surface area (Å²) in [4.78, 5) is 52.0. The van der Waals surface area contributed by atoms with Crippen LogP contribution in [0, 0.1) is 0 Å². The number of unbranched alkanes of at least 4 members (excludes halogenated alkanes) is 10. The van der Waals surface area contributed by atoms with Crippen molar-refractivity contribution in [2.45, 2.75) is 128 Å². The Morgan fingerprint density at radius 2 is 1.56 bits per heavy atom. The molecular weight excluding hydrogens is 500 g/mol. The number of rotatable bonds is 23. The topological polar surface area (TPSA) is 161 Å². The zero-order chi connectivity index (χ0) is 28.7. The van der Waals surface area contributed by atoms with Gasteiger partial charge in [0.05, 0.1) is 18.7 Å². The van der Waals surface area contributed by atoms with E-state index in [0.29, 0.717) is 12.1 Å². The van der Waals surface area contributed by atoms with Crippen LogP contribution in [-0.2, 0) is 25.7 Å². The summed E-state index contributed by atoms with van der Waals surface area (Å²) < 4.78 is 5.59. The van der Waals surface area contributed by atoms with Gasteiger partial charge in [0.2, 0.25) is 5.91 Å². The van der Waals surface area contributed by atoms with Crippen molar-refractivity contribution in [2.75, 3.05) is 0 Å². The third-order valence-corrected chi connectivity index (χ3v) is 6.47. The number of carbonyl (C=O) groups is 4. The number of primary amides is 1. The number of nitrogens with two attached hydrogens (primary N) is 1. The SMILES string of the molecule is CCCCCCCCCCCCC[C@@H](CC(N)=O)OC(=O)[C@H](CCCC(=O)O)NC(=O)NCc1ccccn1. The molecule has 0 bridgehead atoms. The van der Waals surface area contributed by atoms with Crippen LogP contribution in [0.3, 0.4) is 0 Å². The molecule has 39 heavy (non-hydrogen) atoms. The average molecular weight is 549 g/mol. The Bertz CT molecular complexity index is 836. The predicted molar refractivity (Wildman–Crippen MR) is 150 cm³/mol. The number of urea groups is 1. The van der Waals surface area contributed by atoms with Crippen molar-refractivity contribution in [3.05, 3.63) is 30.1 Å². The Balaban J connectivity index is 2.51. The number of nitrogens with one attached hydrogen (secondary N) is 2. The van der Waals surface area contributed by atoms with Gasteiger partial charge in [0.25, 0.3) is 0 Å². The Morgan fingerprint density at radius 3 is 2.13 bits per heavy atom. The molecule has 10 heteroatoms. The van der Waals surface area contributed by atoms with E-state index in [1.807, 2.05) is 0 Å². The molecule has 0 saturated heterocycles. The summed E-state index contributed by atoms with van der Waals surface area (Å²) in [6, 6.07) is 3.65. The van der Waals surface area contributed by atoms with Crippen LogP contribution in [0.1, 0.15) is 115 Å². The predicted octanol–water partition coefficient (Wildman–Crippen LogP) is 4.99. The van der Waals surface area contributed by atoms with Crippen LogP contribution in [0.4, 0.5) is 4.79 Å². The van der Waals surface area contributed by atoms with Crippen LogP contribution in [0.5, 0.6) is 0 Å². The highest BCUT2D eigenvalue weighted by Gasteiger charge is 2.26. The van der Waals surface area contributed by atoms with E-state index in [9.17, 15) is 19.2 Å². The molecule has 0 fully saturated rings. The molecule has 0 spiro atoms. The van der Waals surface area contributed by atoms with Gasteiger partial charge in [-0.15, -0.1) is 0 Å². The molecule has 0 aliphatic carbocycles. The van der Waals surface area contributed by atoms with Crippen molar-refractivity contribution in [1.29, 1.82) is 0 Å². The number of esters is 1. The number of pyridine rings is 1. The maximum absolute atomic E-state index is 12.9. The van der Waals surface area contributed by atoms with E-state index in [1.54, 1.807) is 24.4 Å². The Labute approximate surface area is 232 Å². The molecule has 0 aromatic carbocycles. The lowest BCUT2D eigenvalue weighted by atomic mass is 10.0. The second-order valence-electron chi connectivity index (χ2n) is 10.0. The summed E-state index contributed by atoms with van der Waals surface area (Å²) in [6.45, 7) is 2.38. The fourth-order valence-electron chi connectivity index (χ4n) is 4.30. The van der Waals surface area contributed by atoms with Crippen molar-refractivity contribution in [3.8, 4) is 0 Å². The number of amides is 3. The van der Waals surface area contributed by atoms with Crippen molar-refractivity contribution < 1.29 is 29.0 Å². The largest absolute Gasteiger partial charge is 0.481 e. The average Bonchev–Trinajstić information content (AvgIpc) is 2.90. The number of nitrogens with zero attached hydrogens (tertiary/aromatic N) is 1. The zero-order valence-electron chi connectivity index (χ0n) is 23.5. The van der Waals surface area contributed by atoms with Gasteiger partial charge in [0.1, 0.15) is 12.1 Å². The number of carboxylic acids is 1. The number of hydrogen-bond donors (Lipinski definition) is 4. The maximum atomic E-state index is 12.9. The molecule has 0 aliphatic rings. The van der Waals surface area contributed by atoms with Crippen LogP contribution < -0.4 is 16.4 Å². The van der Waals surface area contributed by atoms with Gasteiger partial charge in [-0.3, -0.25) is 14.6 Å². The first kappa shape index (κ1) is 33.9. The molecule has 1 heterocycles. The molecule has 0 unspecified atom stereocenters. The van der Waals surface area contributed by atoms with E-state index >= 15 is 0 Å². The third kappa shape index (κ3) is 18.7. The number of aromatic nitrogens is 1. The van der Waals surface area contributed by atoms with E-state index in [-0.39, 0.29) is 32.2 Å². The lowest BCUT2D eigenvalue weighted by Gasteiger charge is -2.22. The quantitative estimate of drug-likeness (QED) is 0.111. The summed E-state index contributed by atoms with van der Waals surface area (Å²) in [6.07, 6.45) is 14.4. The highest BCUT2D eigenvalue weighted by molar-refractivity contribution is 5.84. The molecule has 2 atom stereocenters. The first-order chi connectivity index (χ1) is 18.8.